The van der Waals surface area contributed by atoms with Gasteiger partial charge in [-0.15, -0.1) is 0 Å². The van der Waals surface area contributed by atoms with Gasteiger partial charge in [-0.1, -0.05) is 36.4 Å². The topological polar surface area (TPSA) is 43.8 Å². The summed E-state index contributed by atoms with van der Waals surface area (Å²) in [7, 11) is 0. The lowest BCUT2D eigenvalue weighted by Gasteiger charge is -2.12. The van der Waals surface area contributed by atoms with Crippen LogP contribution in [-0.4, -0.2) is 18.8 Å². The lowest BCUT2D eigenvalue weighted by molar-refractivity contribution is 0.484. The first-order valence-electron chi connectivity index (χ1n) is 13.2. The number of pyridine rings is 2. The predicted octanol–water partition coefficient (Wildman–Crippen LogP) is 8.59. The maximum absolute atomic E-state index is 6.52. The van der Waals surface area contributed by atoms with Gasteiger partial charge in [-0.2, -0.15) is 0 Å². The van der Waals surface area contributed by atoms with Gasteiger partial charge < -0.3 is 4.74 Å². The predicted molar refractivity (Wildman–Crippen MR) is 159 cm³/mol. The number of aromatic nitrogens is 4. The molecule has 0 aliphatic carbocycles. The number of hydrogen-bond donors (Lipinski definition) is 0. The molecule has 9 aromatic rings. The number of fused-ring (bicyclic) bond motifs is 12. The van der Waals surface area contributed by atoms with E-state index in [0.29, 0.717) is 0 Å². The lowest BCUT2D eigenvalue weighted by atomic mass is 10.1. The number of imidazole rings is 1. The van der Waals surface area contributed by atoms with Crippen molar-refractivity contribution in [2.75, 3.05) is 0 Å². The largest absolute Gasteiger partial charge is 0.457 e. The number of benzene rings is 4. The van der Waals surface area contributed by atoms with E-state index in [2.05, 4.69) is 108 Å². The smallest absolute Gasteiger partial charge is 0.145 e. The standard InChI is InChI=1S/C34H22N4O/c1-19-20(2)37-30-11-4-3-7-24(30)23-14-12-21(17-29(23)34(37)36-19)39-22-13-15-25-26-8-5-9-27-28-10-6-16-35-33(28)38(32(26)27)31(25)18-22/h3-18H,1-2H3. The minimum atomic E-state index is 0.786. The summed E-state index contributed by atoms with van der Waals surface area (Å²) in [5.74, 6) is 1.58. The van der Waals surface area contributed by atoms with Crippen LogP contribution >= 0.6 is 0 Å². The molecule has 0 saturated heterocycles. The molecule has 0 unspecified atom stereocenters. The Labute approximate surface area is 222 Å². The Morgan fingerprint density at radius 3 is 2.18 bits per heavy atom. The van der Waals surface area contributed by atoms with E-state index in [0.717, 1.165) is 45.1 Å². The van der Waals surface area contributed by atoms with Crippen molar-refractivity contribution in [3.05, 3.63) is 109 Å². The zero-order valence-electron chi connectivity index (χ0n) is 21.4. The van der Waals surface area contributed by atoms with Crippen LogP contribution in [0.2, 0.25) is 0 Å². The third-order valence-electron chi connectivity index (χ3n) is 8.30. The molecule has 5 nitrogen and oxygen atoms in total. The first-order valence-corrected chi connectivity index (χ1v) is 13.2. The quantitative estimate of drug-likeness (QED) is 0.222. The first-order chi connectivity index (χ1) is 19.2. The summed E-state index contributed by atoms with van der Waals surface area (Å²) >= 11 is 0. The second kappa shape index (κ2) is 7.23. The van der Waals surface area contributed by atoms with Crippen molar-refractivity contribution in [2.24, 2.45) is 0 Å². The Morgan fingerprint density at radius 1 is 0.564 bits per heavy atom. The van der Waals surface area contributed by atoms with Crippen molar-refractivity contribution in [3.8, 4) is 11.5 Å². The molecule has 39 heavy (non-hydrogen) atoms. The van der Waals surface area contributed by atoms with E-state index < -0.39 is 0 Å². The Kier molecular flexibility index (Phi) is 3.87. The van der Waals surface area contributed by atoms with Gasteiger partial charge in [0.1, 0.15) is 22.8 Å². The lowest BCUT2D eigenvalue weighted by Crippen LogP contribution is -1.94. The van der Waals surface area contributed by atoms with Crippen LogP contribution in [0.1, 0.15) is 11.4 Å². The highest BCUT2D eigenvalue weighted by Gasteiger charge is 2.19. The van der Waals surface area contributed by atoms with Crippen molar-refractivity contribution >= 4 is 65.5 Å². The van der Waals surface area contributed by atoms with Crippen molar-refractivity contribution < 1.29 is 4.74 Å². The monoisotopic (exact) mass is 502 g/mol. The van der Waals surface area contributed by atoms with E-state index in [1.165, 1.54) is 43.4 Å². The number of aryl methyl sites for hydroxylation is 2. The van der Waals surface area contributed by atoms with E-state index in [9.17, 15) is 0 Å². The first kappa shape index (κ1) is 20.8. The van der Waals surface area contributed by atoms with Crippen molar-refractivity contribution in [1.29, 1.82) is 0 Å². The number of rotatable bonds is 2. The fraction of sp³-hybridized carbons (Fsp3) is 0.0588. The van der Waals surface area contributed by atoms with E-state index in [-0.39, 0.29) is 0 Å². The van der Waals surface area contributed by atoms with Gasteiger partial charge >= 0.3 is 0 Å². The number of para-hydroxylation sites is 2. The van der Waals surface area contributed by atoms with E-state index >= 15 is 0 Å². The molecule has 0 bridgehead atoms. The Morgan fingerprint density at radius 2 is 1.28 bits per heavy atom. The molecule has 9 rings (SSSR count). The van der Waals surface area contributed by atoms with Crippen molar-refractivity contribution in [1.82, 2.24) is 18.8 Å². The minimum absolute atomic E-state index is 0.786. The van der Waals surface area contributed by atoms with E-state index in [1.807, 2.05) is 12.3 Å². The van der Waals surface area contributed by atoms with Gasteiger partial charge in [-0.3, -0.25) is 8.80 Å². The van der Waals surface area contributed by atoms with Gasteiger partial charge in [-0.05, 0) is 67.8 Å². The molecule has 4 aromatic carbocycles. The SMILES string of the molecule is Cc1nc2c3cc(Oc4ccc5c6cccc7c8cccnc8n(c5c4)c67)ccc3c3ccccc3n2c1C. The average Bonchev–Trinajstić information content (AvgIpc) is 3.59. The molecule has 184 valence electrons. The van der Waals surface area contributed by atoms with E-state index in [1.54, 1.807) is 0 Å². The molecule has 0 saturated carbocycles. The second-order valence-electron chi connectivity index (χ2n) is 10.4. The van der Waals surface area contributed by atoms with Crippen LogP contribution in [0.3, 0.4) is 0 Å². The highest BCUT2D eigenvalue weighted by molar-refractivity contribution is 6.22. The van der Waals surface area contributed by atoms with Crippen LogP contribution in [-0.2, 0) is 0 Å². The van der Waals surface area contributed by atoms with E-state index in [4.69, 9.17) is 14.7 Å². The second-order valence-corrected chi connectivity index (χ2v) is 10.4. The van der Waals surface area contributed by atoms with Crippen LogP contribution in [0.25, 0.3) is 65.5 Å². The van der Waals surface area contributed by atoms with Gasteiger partial charge in [0.15, 0.2) is 0 Å². The van der Waals surface area contributed by atoms with Gasteiger partial charge in [0.05, 0.1) is 22.2 Å². The van der Waals surface area contributed by atoms with Crippen LogP contribution in [0.15, 0.2) is 97.2 Å². The Balaban J connectivity index is 1.26. The highest BCUT2D eigenvalue weighted by atomic mass is 16.5. The molecule has 5 aromatic heterocycles. The summed E-state index contributed by atoms with van der Waals surface area (Å²) in [6, 6.07) is 31.9. The van der Waals surface area contributed by atoms with Gasteiger partial charge in [-0.25, -0.2) is 9.97 Å². The minimum Gasteiger partial charge on any atom is -0.457 e. The zero-order chi connectivity index (χ0) is 25.8. The molecule has 0 amide bonds. The van der Waals surface area contributed by atoms with Gasteiger partial charge in [0.2, 0.25) is 0 Å². The molecular formula is C34H22N4O. The van der Waals surface area contributed by atoms with Crippen LogP contribution in [0.5, 0.6) is 11.5 Å². The van der Waals surface area contributed by atoms with Crippen molar-refractivity contribution in [3.63, 3.8) is 0 Å². The van der Waals surface area contributed by atoms with Crippen LogP contribution < -0.4 is 4.74 Å². The van der Waals surface area contributed by atoms with Gasteiger partial charge in [0.25, 0.3) is 0 Å². The summed E-state index contributed by atoms with van der Waals surface area (Å²) in [6.07, 6.45) is 1.86. The maximum atomic E-state index is 6.52. The molecule has 5 heteroatoms. The van der Waals surface area contributed by atoms with Crippen molar-refractivity contribution in [2.45, 2.75) is 13.8 Å². The summed E-state index contributed by atoms with van der Waals surface area (Å²) in [5, 5.41) is 8.29. The highest BCUT2D eigenvalue weighted by Crippen LogP contribution is 2.40. The molecular weight excluding hydrogens is 480 g/mol. The average molecular weight is 503 g/mol. The number of nitrogens with zero attached hydrogens (tertiary/aromatic N) is 4. The Hall–Kier alpha value is -5.16. The summed E-state index contributed by atoms with van der Waals surface area (Å²) in [5.41, 5.74) is 7.61. The third kappa shape index (κ3) is 2.64. The Bertz CT molecular complexity index is 2450. The molecule has 0 N–H and O–H groups in total. The summed E-state index contributed by atoms with van der Waals surface area (Å²) in [4.78, 5) is 9.70. The number of hydrogen-bond acceptors (Lipinski definition) is 3. The van der Waals surface area contributed by atoms with Crippen LogP contribution in [0, 0.1) is 13.8 Å². The normalized spacial score (nSPS) is 12.4. The molecule has 0 spiro atoms. The maximum Gasteiger partial charge on any atom is 0.145 e. The summed E-state index contributed by atoms with van der Waals surface area (Å²) in [6.45, 7) is 4.20. The molecule has 0 aliphatic rings. The summed E-state index contributed by atoms with van der Waals surface area (Å²) < 4.78 is 11.1. The molecule has 0 aliphatic heterocycles. The third-order valence-corrected chi connectivity index (χ3v) is 8.30. The molecule has 0 fully saturated rings. The fourth-order valence-electron chi connectivity index (χ4n) is 6.46. The fourth-order valence-corrected chi connectivity index (χ4v) is 6.46. The molecule has 0 radical (unpaired) electrons. The molecule has 0 atom stereocenters. The molecule has 5 heterocycles. The number of ether oxygens (including phenoxy) is 1. The zero-order valence-corrected chi connectivity index (χ0v) is 21.4. The van der Waals surface area contributed by atoms with Crippen LogP contribution in [0.4, 0.5) is 0 Å². The van der Waals surface area contributed by atoms with Gasteiger partial charge in [0, 0.05) is 50.3 Å².